The van der Waals surface area contributed by atoms with Crippen molar-refractivity contribution >= 4 is 17.0 Å². The lowest BCUT2D eigenvalue weighted by Gasteiger charge is -2.35. The third kappa shape index (κ3) is 2.36. The van der Waals surface area contributed by atoms with E-state index in [1.807, 2.05) is 30.9 Å². The number of amides is 1. The van der Waals surface area contributed by atoms with Crippen LogP contribution in [0.3, 0.4) is 0 Å². The van der Waals surface area contributed by atoms with E-state index in [0.717, 1.165) is 37.2 Å². The Morgan fingerprint density at radius 1 is 1.38 bits per heavy atom. The van der Waals surface area contributed by atoms with Gasteiger partial charge < -0.3 is 9.42 Å². The molecule has 1 N–H and O–H groups in total. The molecule has 0 spiro atoms. The van der Waals surface area contributed by atoms with Crippen LogP contribution in [0.5, 0.6) is 0 Å². The number of carbonyl (C=O) groups excluding carboxylic acids is 1. The van der Waals surface area contributed by atoms with Crippen molar-refractivity contribution in [3.05, 3.63) is 41.0 Å². The Hall–Kier alpha value is -2.70. The maximum Gasteiger partial charge on any atom is 0.258 e. The highest BCUT2D eigenvalue weighted by atomic mass is 16.5. The normalized spacial score (nSPS) is 18.2. The Morgan fingerprint density at radius 3 is 3.04 bits per heavy atom. The number of piperidine rings is 1. The number of aromatic amines is 1. The van der Waals surface area contributed by atoms with Crippen LogP contribution in [0.2, 0.25) is 0 Å². The number of rotatable bonds is 2. The van der Waals surface area contributed by atoms with Crippen molar-refractivity contribution in [1.29, 1.82) is 0 Å². The van der Waals surface area contributed by atoms with Crippen molar-refractivity contribution in [3.63, 3.8) is 0 Å². The molecule has 0 bridgehead atoms. The summed E-state index contributed by atoms with van der Waals surface area (Å²) >= 11 is 0. The maximum atomic E-state index is 13.3. The summed E-state index contributed by atoms with van der Waals surface area (Å²) in [5, 5.41) is 11.7. The van der Waals surface area contributed by atoms with Gasteiger partial charge in [0.25, 0.3) is 11.6 Å². The minimum absolute atomic E-state index is 0.00361. The van der Waals surface area contributed by atoms with Gasteiger partial charge in [0.1, 0.15) is 0 Å². The van der Waals surface area contributed by atoms with Crippen LogP contribution in [0, 0.1) is 13.8 Å². The first-order valence-electron chi connectivity index (χ1n) is 8.19. The molecule has 24 heavy (non-hydrogen) atoms. The summed E-state index contributed by atoms with van der Waals surface area (Å²) in [5.41, 5.74) is 3.45. The van der Waals surface area contributed by atoms with Gasteiger partial charge in [-0.05, 0) is 45.2 Å². The third-order valence-electron chi connectivity index (χ3n) is 4.62. The molecule has 1 saturated heterocycles. The molecule has 1 aliphatic rings. The Balaban J connectivity index is 1.78. The fraction of sp³-hybridized carbons (Fsp3) is 0.412. The largest absolute Gasteiger partial charge is 0.336 e. The first-order chi connectivity index (χ1) is 11.6. The number of likely N-dealkylation sites (tertiary alicyclic amines) is 1. The summed E-state index contributed by atoms with van der Waals surface area (Å²) in [7, 11) is 0. The van der Waals surface area contributed by atoms with E-state index < -0.39 is 0 Å². The summed E-state index contributed by atoms with van der Waals surface area (Å²) in [4.78, 5) is 19.6. The summed E-state index contributed by atoms with van der Waals surface area (Å²) in [6, 6.07) is 3.79. The van der Waals surface area contributed by atoms with E-state index in [-0.39, 0.29) is 11.9 Å². The van der Waals surface area contributed by atoms with E-state index in [0.29, 0.717) is 22.4 Å². The average molecular weight is 325 g/mol. The Labute approximate surface area is 139 Å². The number of hydrogen-bond acceptors (Lipinski definition) is 5. The van der Waals surface area contributed by atoms with Gasteiger partial charge in [0.05, 0.1) is 28.4 Å². The molecule has 4 rings (SSSR count). The number of fused-ring (bicyclic) bond motifs is 1. The number of aryl methyl sites for hydroxylation is 2. The molecular formula is C17H19N5O2. The lowest BCUT2D eigenvalue weighted by molar-refractivity contribution is 0.0608. The van der Waals surface area contributed by atoms with Crippen molar-refractivity contribution in [3.8, 4) is 0 Å². The van der Waals surface area contributed by atoms with E-state index in [1.54, 1.807) is 6.20 Å². The number of nitrogens with one attached hydrogen (secondary N) is 1. The van der Waals surface area contributed by atoms with Gasteiger partial charge in [0.2, 0.25) is 0 Å². The van der Waals surface area contributed by atoms with Gasteiger partial charge in [0.15, 0.2) is 0 Å². The van der Waals surface area contributed by atoms with E-state index in [9.17, 15) is 4.79 Å². The molecule has 1 aliphatic heterocycles. The van der Waals surface area contributed by atoms with Crippen LogP contribution in [0.25, 0.3) is 11.1 Å². The molecule has 1 amide bonds. The first-order valence-corrected chi connectivity index (χ1v) is 8.19. The predicted octanol–water partition coefficient (Wildman–Crippen LogP) is 2.93. The number of aromatic nitrogens is 4. The highest BCUT2D eigenvalue weighted by Gasteiger charge is 2.31. The van der Waals surface area contributed by atoms with Gasteiger partial charge in [-0.2, -0.15) is 5.10 Å². The van der Waals surface area contributed by atoms with E-state index in [2.05, 4.69) is 20.3 Å². The summed E-state index contributed by atoms with van der Waals surface area (Å²) in [6.45, 7) is 4.43. The van der Waals surface area contributed by atoms with Crippen LogP contribution >= 0.6 is 0 Å². The zero-order valence-corrected chi connectivity index (χ0v) is 13.7. The molecule has 3 aromatic heterocycles. The molecule has 7 nitrogen and oxygen atoms in total. The van der Waals surface area contributed by atoms with Crippen molar-refractivity contribution in [2.75, 3.05) is 6.54 Å². The number of H-pyrrole nitrogens is 1. The van der Waals surface area contributed by atoms with Gasteiger partial charge in [0, 0.05) is 18.4 Å². The van der Waals surface area contributed by atoms with Gasteiger partial charge in [-0.15, -0.1) is 0 Å². The molecule has 4 heterocycles. The summed E-state index contributed by atoms with van der Waals surface area (Å²) < 4.78 is 5.26. The molecule has 0 aromatic carbocycles. The second kappa shape index (κ2) is 5.74. The standard InChI is InChI=1S/C17H19N5O2/c1-10-9-12(15-11(2)21-24-16(15)19-10)17(23)22-8-4-3-5-14(22)13-6-7-18-20-13/h6-7,9,14H,3-5,8H2,1-2H3,(H,18,20). The van der Waals surface area contributed by atoms with Crippen LogP contribution < -0.4 is 0 Å². The fourth-order valence-corrected chi connectivity index (χ4v) is 3.49. The van der Waals surface area contributed by atoms with Crippen LogP contribution in [0.4, 0.5) is 0 Å². The van der Waals surface area contributed by atoms with Crippen molar-refractivity contribution < 1.29 is 9.32 Å². The lowest BCUT2D eigenvalue weighted by atomic mass is 9.97. The maximum absolute atomic E-state index is 13.3. The predicted molar refractivity (Wildman–Crippen MR) is 87.5 cm³/mol. The molecule has 0 saturated carbocycles. The van der Waals surface area contributed by atoms with Crippen molar-refractivity contribution in [2.24, 2.45) is 0 Å². The lowest BCUT2D eigenvalue weighted by Crippen LogP contribution is -2.38. The van der Waals surface area contributed by atoms with Gasteiger partial charge in [-0.3, -0.25) is 9.89 Å². The Kier molecular flexibility index (Phi) is 3.55. The van der Waals surface area contributed by atoms with Crippen LogP contribution in [-0.2, 0) is 0 Å². The topological polar surface area (TPSA) is 87.9 Å². The number of nitrogens with zero attached hydrogens (tertiary/aromatic N) is 4. The van der Waals surface area contributed by atoms with Crippen LogP contribution in [0.1, 0.15) is 52.7 Å². The number of carbonyl (C=O) groups is 1. The Bertz CT molecular complexity index is 884. The molecule has 1 fully saturated rings. The van der Waals surface area contributed by atoms with E-state index in [4.69, 9.17) is 4.52 Å². The molecule has 1 atom stereocenters. The van der Waals surface area contributed by atoms with Crippen LogP contribution in [-0.4, -0.2) is 37.7 Å². The molecule has 0 radical (unpaired) electrons. The Morgan fingerprint density at radius 2 is 2.25 bits per heavy atom. The van der Waals surface area contributed by atoms with Gasteiger partial charge in [-0.1, -0.05) is 5.16 Å². The SMILES string of the molecule is Cc1cc(C(=O)N2CCCCC2c2ccn[nH]2)c2c(C)noc2n1. The molecule has 0 aliphatic carbocycles. The number of hydrogen-bond donors (Lipinski definition) is 1. The molecule has 1 unspecified atom stereocenters. The number of pyridine rings is 1. The first kappa shape index (κ1) is 14.9. The zero-order chi connectivity index (χ0) is 16.7. The van der Waals surface area contributed by atoms with Crippen molar-refractivity contribution in [1.82, 2.24) is 25.2 Å². The average Bonchev–Trinajstić information content (AvgIpc) is 3.24. The quantitative estimate of drug-likeness (QED) is 0.782. The minimum atomic E-state index is -0.00361. The molecular weight excluding hydrogens is 306 g/mol. The molecule has 7 heteroatoms. The summed E-state index contributed by atoms with van der Waals surface area (Å²) in [5.74, 6) is -0.00361. The van der Waals surface area contributed by atoms with E-state index >= 15 is 0 Å². The zero-order valence-electron chi connectivity index (χ0n) is 13.7. The second-order valence-corrected chi connectivity index (χ2v) is 6.28. The fourth-order valence-electron chi connectivity index (χ4n) is 3.49. The van der Waals surface area contributed by atoms with Crippen molar-refractivity contribution in [2.45, 2.75) is 39.2 Å². The summed E-state index contributed by atoms with van der Waals surface area (Å²) in [6.07, 6.45) is 4.77. The molecule has 124 valence electrons. The van der Waals surface area contributed by atoms with E-state index in [1.165, 1.54) is 0 Å². The second-order valence-electron chi connectivity index (χ2n) is 6.28. The third-order valence-corrected chi connectivity index (χ3v) is 4.62. The van der Waals surface area contributed by atoms with Gasteiger partial charge in [-0.25, -0.2) is 4.98 Å². The van der Waals surface area contributed by atoms with Crippen LogP contribution in [0.15, 0.2) is 22.9 Å². The monoisotopic (exact) mass is 325 g/mol. The highest BCUT2D eigenvalue weighted by Crippen LogP contribution is 2.32. The van der Waals surface area contributed by atoms with Gasteiger partial charge >= 0.3 is 0 Å². The minimum Gasteiger partial charge on any atom is -0.336 e. The smallest absolute Gasteiger partial charge is 0.258 e. The highest BCUT2D eigenvalue weighted by molar-refractivity contribution is 6.06. The molecule has 3 aromatic rings.